The maximum atomic E-state index is 12.8. The van der Waals surface area contributed by atoms with Gasteiger partial charge in [-0.05, 0) is 64.5 Å². The van der Waals surface area contributed by atoms with E-state index >= 15 is 0 Å². The van der Waals surface area contributed by atoms with E-state index in [4.69, 9.17) is 5.73 Å². The highest BCUT2D eigenvalue weighted by molar-refractivity contribution is 9.10. The van der Waals surface area contributed by atoms with Crippen LogP contribution in [0.25, 0.3) is 0 Å². The van der Waals surface area contributed by atoms with Gasteiger partial charge in [0.25, 0.3) is 0 Å². The van der Waals surface area contributed by atoms with E-state index in [0.29, 0.717) is 5.69 Å². The van der Waals surface area contributed by atoms with Crippen molar-refractivity contribution in [2.45, 2.75) is 25.2 Å². The predicted molar refractivity (Wildman–Crippen MR) is 85.0 cm³/mol. The highest BCUT2D eigenvalue weighted by Crippen LogP contribution is 2.34. The molecule has 0 spiro atoms. The highest BCUT2D eigenvalue weighted by Gasteiger charge is 2.27. The summed E-state index contributed by atoms with van der Waals surface area (Å²) < 4.78 is 0.785. The molecule has 0 amide bonds. The van der Waals surface area contributed by atoms with Gasteiger partial charge in [0.05, 0.1) is 0 Å². The van der Waals surface area contributed by atoms with Crippen molar-refractivity contribution >= 4 is 27.4 Å². The van der Waals surface area contributed by atoms with E-state index in [-0.39, 0.29) is 11.7 Å². The molecule has 0 saturated heterocycles. The smallest absolute Gasteiger partial charge is 0.170 e. The lowest BCUT2D eigenvalue weighted by Gasteiger charge is -2.24. The molecule has 0 aliphatic heterocycles. The molecule has 0 heterocycles. The van der Waals surface area contributed by atoms with E-state index in [1.807, 2.05) is 24.3 Å². The summed E-state index contributed by atoms with van der Waals surface area (Å²) in [6.45, 7) is 0. The topological polar surface area (TPSA) is 43.1 Å². The van der Waals surface area contributed by atoms with Crippen LogP contribution in [0.15, 0.2) is 46.9 Å². The molecule has 0 aromatic heterocycles. The van der Waals surface area contributed by atoms with E-state index in [2.05, 4.69) is 28.1 Å². The summed E-state index contributed by atoms with van der Waals surface area (Å²) in [7, 11) is 0. The van der Waals surface area contributed by atoms with Crippen LogP contribution in [-0.4, -0.2) is 5.78 Å². The first-order valence-corrected chi connectivity index (χ1v) is 7.63. The minimum atomic E-state index is -0.0181. The van der Waals surface area contributed by atoms with Crippen LogP contribution in [0, 0.1) is 0 Å². The molecular weight excluding hydrogens is 314 g/mol. The van der Waals surface area contributed by atoms with Gasteiger partial charge in [0.1, 0.15) is 0 Å². The zero-order valence-corrected chi connectivity index (χ0v) is 12.7. The molecule has 1 aliphatic rings. The summed E-state index contributed by atoms with van der Waals surface area (Å²) in [5.41, 5.74) is 9.68. The third-order valence-corrected chi connectivity index (χ3v) is 4.66. The lowest BCUT2D eigenvalue weighted by Crippen LogP contribution is -2.18. The van der Waals surface area contributed by atoms with Gasteiger partial charge in [-0.2, -0.15) is 0 Å². The number of fused-ring (bicyclic) bond motifs is 1. The number of hydrogen-bond donors (Lipinski definition) is 1. The first-order valence-electron chi connectivity index (χ1n) is 6.84. The summed E-state index contributed by atoms with van der Waals surface area (Å²) in [6.07, 6.45) is 3.08. The lowest BCUT2D eigenvalue weighted by molar-refractivity contribution is 0.0951. The van der Waals surface area contributed by atoms with Gasteiger partial charge in [-0.3, -0.25) is 4.79 Å². The standard InChI is InChI=1S/C17H16BrNO/c18-15-10-12(8-9-16(15)19)17(20)14-7-3-5-11-4-1-2-6-13(11)14/h1-2,4,6,8-10,14H,3,5,7,19H2. The van der Waals surface area contributed by atoms with Crippen LogP contribution in [0.1, 0.15) is 40.2 Å². The maximum absolute atomic E-state index is 12.8. The number of nitrogens with two attached hydrogens (primary N) is 1. The molecule has 1 atom stereocenters. The van der Waals surface area contributed by atoms with Crippen molar-refractivity contribution in [1.82, 2.24) is 0 Å². The SMILES string of the molecule is Nc1ccc(C(=O)C2CCCc3ccccc32)cc1Br. The molecule has 0 radical (unpaired) electrons. The van der Waals surface area contributed by atoms with Crippen molar-refractivity contribution < 1.29 is 4.79 Å². The van der Waals surface area contributed by atoms with Crippen LogP contribution in [0.3, 0.4) is 0 Å². The summed E-state index contributed by atoms with van der Waals surface area (Å²) in [5.74, 6) is 0.174. The summed E-state index contributed by atoms with van der Waals surface area (Å²) in [6, 6.07) is 13.7. The molecular formula is C17H16BrNO. The Morgan fingerprint density at radius 1 is 1.20 bits per heavy atom. The molecule has 2 N–H and O–H groups in total. The first-order chi connectivity index (χ1) is 9.66. The zero-order chi connectivity index (χ0) is 14.1. The molecule has 0 saturated carbocycles. The summed E-state index contributed by atoms with van der Waals surface area (Å²) in [5, 5.41) is 0. The van der Waals surface area contributed by atoms with E-state index < -0.39 is 0 Å². The predicted octanol–water partition coefficient (Wildman–Crippen LogP) is 4.33. The molecule has 2 nitrogen and oxygen atoms in total. The number of Topliss-reactive ketones (excluding diaryl/α,β-unsaturated/α-hetero) is 1. The monoisotopic (exact) mass is 329 g/mol. The number of carbonyl (C=O) groups excluding carboxylic acids is 1. The number of ketones is 1. The quantitative estimate of drug-likeness (QED) is 0.658. The van der Waals surface area contributed by atoms with Gasteiger partial charge >= 0.3 is 0 Å². The molecule has 3 rings (SSSR count). The molecule has 0 fully saturated rings. The number of hydrogen-bond acceptors (Lipinski definition) is 2. The highest BCUT2D eigenvalue weighted by atomic mass is 79.9. The van der Waals surface area contributed by atoms with Crippen molar-refractivity contribution in [3.8, 4) is 0 Å². The zero-order valence-electron chi connectivity index (χ0n) is 11.1. The summed E-state index contributed by atoms with van der Waals surface area (Å²) in [4.78, 5) is 12.8. The van der Waals surface area contributed by atoms with E-state index in [0.717, 1.165) is 29.3 Å². The van der Waals surface area contributed by atoms with E-state index in [1.54, 1.807) is 6.07 Å². The average Bonchev–Trinajstić information content (AvgIpc) is 2.49. The van der Waals surface area contributed by atoms with Gasteiger partial charge in [0, 0.05) is 21.6 Å². The number of anilines is 1. The largest absolute Gasteiger partial charge is 0.398 e. The third-order valence-electron chi connectivity index (χ3n) is 3.97. The van der Waals surface area contributed by atoms with Gasteiger partial charge < -0.3 is 5.73 Å². The number of benzene rings is 2. The van der Waals surface area contributed by atoms with Crippen molar-refractivity contribution in [2.75, 3.05) is 5.73 Å². The number of rotatable bonds is 2. The van der Waals surface area contributed by atoms with Crippen LogP contribution < -0.4 is 5.73 Å². The molecule has 3 heteroatoms. The molecule has 2 aromatic rings. The number of nitrogen functional groups attached to an aromatic ring is 1. The second-order valence-electron chi connectivity index (χ2n) is 5.24. The Kier molecular flexibility index (Phi) is 3.62. The van der Waals surface area contributed by atoms with Gasteiger partial charge in [-0.15, -0.1) is 0 Å². The number of aryl methyl sites for hydroxylation is 1. The first kappa shape index (κ1) is 13.4. The molecule has 2 aromatic carbocycles. The average molecular weight is 330 g/mol. The Bertz CT molecular complexity index is 666. The Balaban J connectivity index is 1.97. The van der Waals surface area contributed by atoms with Crippen molar-refractivity contribution in [2.24, 2.45) is 0 Å². The second kappa shape index (κ2) is 5.41. The van der Waals surface area contributed by atoms with Crippen LogP contribution in [0.4, 0.5) is 5.69 Å². The molecule has 0 bridgehead atoms. The Morgan fingerprint density at radius 2 is 2.00 bits per heavy atom. The lowest BCUT2D eigenvalue weighted by atomic mass is 9.79. The molecule has 1 aliphatic carbocycles. The van der Waals surface area contributed by atoms with Crippen LogP contribution >= 0.6 is 15.9 Å². The molecule has 20 heavy (non-hydrogen) atoms. The van der Waals surface area contributed by atoms with Gasteiger partial charge in [0.2, 0.25) is 0 Å². The normalized spacial score (nSPS) is 17.6. The van der Waals surface area contributed by atoms with Crippen molar-refractivity contribution in [3.63, 3.8) is 0 Å². The Labute approximate surface area is 127 Å². The maximum Gasteiger partial charge on any atom is 0.170 e. The molecule has 102 valence electrons. The van der Waals surface area contributed by atoms with Gasteiger partial charge in [0.15, 0.2) is 5.78 Å². The van der Waals surface area contributed by atoms with E-state index in [1.165, 1.54) is 11.1 Å². The fraction of sp³-hybridized carbons (Fsp3) is 0.235. The fourth-order valence-corrected chi connectivity index (χ4v) is 3.29. The number of halogens is 1. The van der Waals surface area contributed by atoms with Crippen molar-refractivity contribution in [1.29, 1.82) is 0 Å². The Hall–Kier alpha value is -1.61. The number of carbonyl (C=O) groups is 1. The van der Waals surface area contributed by atoms with E-state index in [9.17, 15) is 4.79 Å². The van der Waals surface area contributed by atoms with Crippen LogP contribution in [0.5, 0.6) is 0 Å². The van der Waals surface area contributed by atoms with Gasteiger partial charge in [-0.1, -0.05) is 24.3 Å². The second-order valence-corrected chi connectivity index (χ2v) is 6.10. The molecule has 1 unspecified atom stereocenters. The van der Waals surface area contributed by atoms with Crippen LogP contribution in [-0.2, 0) is 6.42 Å². The minimum absolute atomic E-state index is 0.0181. The van der Waals surface area contributed by atoms with Crippen LogP contribution in [0.2, 0.25) is 0 Å². The third kappa shape index (κ3) is 2.38. The van der Waals surface area contributed by atoms with Crippen molar-refractivity contribution in [3.05, 3.63) is 63.6 Å². The fourth-order valence-electron chi connectivity index (χ4n) is 2.91. The van der Waals surface area contributed by atoms with Gasteiger partial charge in [-0.25, -0.2) is 0 Å². The Morgan fingerprint density at radius 3 is 2.80 bits per heavy atom. The minimum Gasteiger partial charge on any atom is -0.398 e. The summed E-state index contributed by atoms with van der Waals surface area (Å²) >= 11 is 3.39.